The normalized spacial score (nSPS) is 10.6. The molecular weight excluding hydrogens is 235 g/mol. The summed E-state index contributed by atoms with van der Waals surface area (Å²) in [4.78, 5) is 2.01. The molecule has 1 aromatic rings. The van der Waals surface area contributed by atoms with Crippen molar-refractivity contribution in [1.82, 2.24) is 4.90 Å². The quantitative estimate of drug-likeness (QED) is 0.739. The molecule has 1 N–H and O–H groups in total. The molecule has 5 heteroatoms. The second-order valence-electron chi connectivity index (χ2n) is 4.00. The van der Waals surface area contributed by atoms with Gasteiger partial charge in [0.1, 0.15) is 11.9 Å². The molecule has 0 aliphatic heterocycles. The zero-order chi connectivity index (χ0) is 13.4. The fourth-order valence-corrected chi connectivity index (χ4v) is 1.53. The van der Waals surface area contributed by atoms with E-state index in [1.807, 2.05) is 18.0 Å². The van der Waals surface area contributed by atoms with Crippen molar-refractivity contribution in [2.75, 3.05) is 33.4 Å². The van der Waals surface area contributed by atoms with Gasteiger partial charge in [-0.25, -0.2) is 4.39 Å². The third-order valence-electron chi connectivity index (χ3n) is 2.46. The highest BCUT2D eigenvalue weighted by molar-refractivity contribution is 5.34. The number of rotatable bonds is 7. The standard InChI is InChI=1S/C13H17FN2O2/c1-16(4-6-18-7-5-17)10-11-2-3-13(14)12(8-11)9-15/h2-3,8,17H,4-7,10H2,1H3. The van der Waals surface area contributed by atoms with E-state index >= 15 is 0 Å². The Balaban J connectivity index is 2.44. The number of ether oxygens (including phenoxy) is 1. The van der Waals surface area contributed by atoms with Crippen molar-refractivity contribution in [1.29, 1.82) is 5.26 Å². The molecule has 0 aliphatic rings. The van der Waals surface area contributed by atoms with Gasteiger partial charge in [0.05, 0.1) is 25.4 Å². The van der Waals surface area contributed by atoms with Gasteiger partial charge in [-0.15, -0.1) is 0 Å². The van der Waals surface area contributed by atoms with E-state index in [9.17, 15) is 4.39 Å². The van der Waals surface area contributed by atoms with Gasteiger partial charge in [-0.05, 0) is 24.7 Å². The highest BCUT2D eigenvalue weighted by Gasteiger charge is 2.05. The molecule has 0 unspecified atom stereocenters. The number of likely N-dealkylation sites (N-methyl/N-ethyl adjacent to an activating group) is 1. The van der Waals surface area contributed by atoms with Crippen molar-refractivity contribution in [2.45, 2.75) is 6.54 Å². The van der Waals surface area contributed by atoms with E-state index in [1.54, 1.807) is 12.1 Å². The van der Waals surface area contributed by atoms with Gasteiger partial charge in [-0.2, -0.15) is 5.26 Å². The van der Waals surface area contributed by atoms with Crippen LogP contribution in [0.3, 0.4) is 0 Å². The van der Waals surface area contributed by atoms with Crippen LogP contribution in [0.1, 0.15) is 11.1 Å². The van der Waals surface area contributed by atoms with Crippen LogP contribution in [0.4, 0.5) is 4.39 Å². The lowest BCUT2D eigenvalue weighted by atomic mass is 10.1. The molecule has 0 aromatic heterocycles. The average Bonchev–Trinajstić information content (AvgIpc) is 2.37. The lowest BCUT2D eigenvalue weighted by molar-refractivity contribution is 0.0773. The summed E-state index contributed by atoms with van der Waals surface area (Å²) in [6, 6.07) is 6.36. The summed E-state index contributed by atoms with van der Waals surface area (Å²) in [7, 11) is 1.91. The Bertz CT molecular complexity index is 418. The van der Waals surface area contributed by atoms with Crippen LogP contribution in [-0.2, 0) is 11.3 Å². The van der Waals surface area contributed by atoms with E-state index in [4.69, 9.17) is 15.1 Å². The van der Waals surface area contributed by atoms with E-state index in [1.165, 1.54) is 6.07 Å². The minimum absolute atomic E-state index is 0.0210. The number of aliphatic hydroxyl groups is 1. The minimum Gasteiger partial charge on any atom is -0.394 e. The molecule has 0 saturated carbocycles. The topological polar surface area (TPSA) is 56.5 Å². The summed E-state index contributed by atoms with van der Waals surface area (Å²) in [5.74, 6) is -0.491. The highest BCUT2D eigenvalue weighted by atomic mass is 19.1. The predicted octanol–water partition coefficient (Wildman–Crippen LogP) is 1.14. The van der Waals surface area contributed by atoms with Gasteiger partial charge in [-0.3, -0.25) is 4.90 Å². The first-order valence-electron chi connectivity index (χ1n) is 5.73. The molecular formula is C13H17FN2O2. The number of hydrogen-bond acceptors (Lipinski definition) is 4. The minimum atomic E-state index is -0.491. The molecule has 0 bridgehead atoms. The maximum atomic E-state index is 13.1. The number of halogens is 1. The number of aliphatic hydroxyl groups excluding tert-OH is 1. The van der Waals surface area contributed by atoms with Gasteiger partial charge in [0.15, 0.2) is 0 Å². The average molecular weight is 252 g/mol. The van der Waals surface area contributed by atoms with Crippen LogP contribution in [0.15, 0.2) is 18.2 Å². The molecule has 0 heterocycles. The summed E-state index contributed by atoms with van der Waals surface area (Å²) in [5, 5.41) is 17.3. The Morgan fingerprint density at radius 2 is 2.22 bits per heavy atom. The number of hydrogen-bond donors (Lipinski definition) is 1. The maximum absolute atomic E-state index is 13.1. The van der Waals surface area contributed by atoms with Crippen molar-refractivity contribution in [3.8, 4) is 6.07 Å². The molecule has 1 aromatic carbocycles. The summed E-state index contributed by atoms with van der Waals surface area (Å²) in [5.41, 5.74) is 0.954. The molecule has 0 spiro atoms. The van der Waals surface area contributed by atoms with Gasteiger partial charge in [0, 0.05) is 13.1 Å². The fraction of sp³-hybridized carbons (Fsp3) is 0.462. The third kappa shape index (κ3) is 4.80. The van der Waals surface area contributed by atoms with Gasteiger partial charge in [0.2, 0.25) is 0 Å². The number of nitriles is 1. The van der Waals surface area contributed by atoms with Crippen LogP contribution < -0.4 is 0 Å². The van der Waals surface area contributed by atoms with Crippen molar-refractivity contribution in [3.63, 3.8) is 0 Å². The molecule has 4 nitrogen and oxygen atoms in total. The first kappa shape index (κ1) is 14.6. The lowest BCUT2D eigenvalue weighted by Gasteiger charge is -2.16. The van der Waals surface area contributed by atoms with Crippen LogP contribution in [0, 0.1) is 17.1 Å². The van der Waals surface area contributed by atoms with Crippen LogP contribution >= 0.6 is 0 Å². The molecule has 0 amide bonds. The molecule has 0 atom stereocenters. The summed E-state index contributed by atoms with van der Waals surface area (Å²) < 4.78 is 18.3. The van der Waals surface area contributed by atoms with Gasteiger partial charge in [0.25, 0.3) is 0 Å². The Morgan fingerprint density at radius 3 is 2.89 bits per heavy atom. The molecule has 0 aliphatic carbocycles. The largest absolute Gasteiger partial charge is 0.394 e. The van der Waals surface area contributed by atoms with Crippen molar-refractivity contribution >= 4 is 0 Å². The summed E-state index contributed by atoms with van der Waals surface area (Å²) in [6.07, 6.45) is 0. The maximum Gasteiger partial charge on any atom is 0.140 e. The van der Waals surface area contributed by atoms with E-state index in [0.29, 0.717) is 26.3 Å². The first-order valence-corrected chi connectivity index (χ1v) is 5.73. The first-order chi connectivity index (χ1) is 8.67. The Labute approximate surface area is 106 Å². The monoisotopic (exact) mass is 252 g/mol. The lowest BCUT2D eigenvalue weighted by Crippen LogP contribution is -2.23. The van der Waals surface area contributed by atoms with Crippen LogP contribution in [0.2, 0.25) is 0 Å². The van der Waals surface area contributed by atoms with Gasteiger partial charge in [-0.1, -0.05) is 6.07 Å². The van der Waals surface area contributed by atoms with Crippen LogP contribution in [-0.4, -0.2) is 43.4 Å². The van der Waals surface area contributed by atoms with Crippen LogP contribution in [0.25, 0.3) is 0 Å². The molecule has 0 saturated heterocycles. The molecule has 0 radical (unpaired) electrons. The second kappa shape index (κ2) is 7.77. The SMILES string of the molecule is CN(CCOCCO)Cc1ccc(F)c(C#N)c1. The molecule has 98 valence electrons. The summed E-state index contributed by atoms with van der Waals surface area (Å²) in [6.45, 7) is 2.22. The van der Waals surface area contributed by atoms with E-state index in [0.717, 1.165) is 5.56 Å². The Kier molecular flexibility index (Phi) is 6.29. The highest BCUT2D eigenvalue weighted by Crippen LogP contribution is 2.11. The smallest absolute Gasteiger partial charge is 0.140 e. The fourth-order valence-electron chi connectivity index (χ4n) is 1.53. The van der Waals surface area contributed by atoms with E-state index < -0.39 is 5.82 Å². The zero-order valence-electron chi connectivity index (χ0n) is 10.4. The summed E-state index contributed by atoms with van der Waals surface area (Å²) >= 11 is 0. The Hall–Kier alpha value is -1.48. The second-order valence-corrected chi connectivity index (χ2v) is 4.00. The number of nitrogens with zero attached hydrogens (tertiary/aromatic N) is 2. The van der Waals surface area contributed by atoms with E-state index in [2.05, 4.69) is 0 Å². The van der Waals surface area contributed by atoms with Gasteiger partial charge < -0.3 is 9.84 Å². The van der Waals surface area contributed by atoms with Crippen molar-refractivity contribution in [3.05, 3.63) is 35.1 Å². The number of benzene rings is 1. The molecule has 18 heavy (non-hydrogen) atoms. The van der Waals surface area contributed by atoms with E-state index in [-0.39, 0.29) is 12.2 Å². The third-order valence-corrected chi connectivity index (χ3v) is 2.46. The van der Waals surface area contributed by atoms with Crippen LogP contribution in [0.5, 0.6) is 0 Å². The van der Waals surface area contributed by atoms with Gasteiger partial charge >= 0.3 is 0 Å². The molecule has 0 fully saturated rings. The Morgan fingerprint density at radius 1 is 1.44 bits per heavy atom. The molecule has 1 rings (SSSR count). The predicted molar refractivity (Wildman–Crippen MR) is 65.4 cm³/mol. The van der Waals surface area contributed by atoms with Crippen molar-refractivity contribution < 1.29 is 14.2 Å². The zero-order valence-corrected chi connectivity index (χ0v) is 10.4. The van der Waals surface area contributed by atoms with Crippen molar-refractivity contribution in [2.24, 2.45) is 0 Å².